The van der Waals surface area contributed by atoms with Crippen molar-refractivity contribution in [2.75, 3.05) is 17.4 Å². The summed E-state index contributed by atoms with van der Waals surface area (Å²) in [6, 6.07) is 13.9. The summed E-state index contributed by atoms with van der Waals surface area (Å²) in [7, 11) is 0. The summed E-state index contributed by atoms with van der Waals surface area (Å²) in [6.07, 6.45) is 0. The van der Waals surface area contributed by atoms with Gasteiger partial charge in [0.15, 0.2) is 11.5 Å². The number of halogens is 1. The SMILES string of the molecule is Cc1cc(C(=O)Nc2ccc3c(c2)OCO3)nc(Nc2ccc(Cl)cc2)n1. The van der Waals surface area contributed by atoms with Gasteiger partial charge in [0.1, 0.15) is 5.69 Å². The summed E-state index contributed by atoms with van der Waals surface area (Å²) in [6.45, 7) is 1.98. The Bertz CT molecular complexity index is 1010. The number of carbonyl (C=O) groups is 1. The van der Waals surface area contributed by atoms with Gasteiger partial charge in [0.2, 0.25) is 12.7 Å². The number of aryl methyl sites for hydroxylation is 1. The molecular weight excluding hydrogens is 368 g/mol. The third-order valence-electron chi connectivity index (χ3n) is 3.82. The fourth-order valence-corrected chi connectivity index (χ4v) is 2.70. The average molecular weight is 383 g/mol. The Labute approximate surface area is 160 Å². The van der Waals surface area contributed by atoms with Crippen LogP contribution in [0.1, 0.15) is 16.2 Å². The minimum Gasteiger partial charge on any atom is -0.454 e. The number of hydrogen-bond donors (Lipinski definition) is 2. The molecule has 0 saturated heterocycles. The molecule has 1 aromatic heterocycles. The first-order valence-electron chi connectivity index (χ1n) is 8.16. The topological polar surface area (TPSA) is 85.4 Å². The molecule has 7 nitrogen and oxygen atoms in total. The smallest absolute Gasteiger partial charge is 0.274 e. The Hall–Kier alpha value is -3.32. The normalized spacial score (nSPS) is 11.9. The third-order valence-corrected chi connectivity index (χ3v) is 4.07. The summed E-state index contributed by atoms with van der Waals surface area (Å²) >= 11 is 5.89. The number of benzene rings is 2. The lowest BCUT2D eigenvalue weighted by Crippen LogP contribution is -2.15. The van der Waals surface area contributed by atoms with Crippen LogP contribution in [0.25, 0.3) is 0 Å². The fourth-order valence-electron chi connectivity index (χ4n) is 2.57. The van der Waals surface area contributed by atoms with Crippen LogP contribution < -0.4 is 20.1 Å². The number of hydrogen-bond acceptors (Lipinski definition) is 6. The molecule has 2 heterocycles. The average Bonchev–Trinajstić information content (AvgIpc) is 3.11. The number of fused-ring (bicyclic) bond motifs is 1. The van der Waals surface area contributed by atoms with E-state index in [1.807, 2.05) is 0 Å². The highest BCUT2D eigenvalue weighted by Crippen LogP contribution is 2.34. The molecule has 0 unspecified atom stereocenters. The molecule has 0 fully saturated rings. The highest BCUT2D eigenvalue weighted by Gasteiger charge is 2.16. The van der Waals surface area contributed by atoms with Crippen LogP contribution in [0, 0.1) is 6.92 Å². The van der Waals surface area contributed by atoms with Gasteiger partial charge in [-0.2, -0.15) is 0 Å². The molecule has 4 rings (SSSR count). The van der Waals surface area contributed by atoms with E-state index < -0.39 is 0 Å². The summed E-state index contributed by atoms with van der Waals surface area (Å²) in [4.78, 5) is 21.2. The molecule has 27 heavy (non-hydrogen) atoms. The van der Waals surface area contributed by atoms with Crippen LogP contribution in [-0.4, -0.2) is 22.7 Å². The van der Waals surface area contributed by atoms with Crippen LogP contribution in [0.15, 0.2) is 48.5 Å². The van der Waals surface area contributed by atoms with Crippen LogP contribution in [0.3, 0.4) is 0 Å². The lowest BCUT2D eigenvalue weighted by atomic mass is 10.2. The summed E-state index contributed by atoms with van der Waals surface area (Å²) in [5.41, 5.74) is 2.27. The Morgan fingerprint density at radius 1 is 1.00 bits per heavy atom. The Morgan fingerprint density at radius 2 is 1.74 bits per heavy atom. The Balaban J connectivity index is 1.53. The molecule has 1 amide bonds. The molecule has 2 N–H and O–H groups in total. The van der Waals surface area contributed by atoms with E-state index in [-0.39, 0.29) is 18.4 Å². The zero-order valence-corrected chi connectivity index (χ0v) is 15.1. The van der Waals surface area contributed by atoms with Crippen molar-refractivity contribution in [3.8, 4) is 11.5 Å². The molecule has 0 bridgehead atoms. The third kappa shape index (κ3) is 3.93. The minimum absolute atomic E-state index is 0.178. The summed E-state index contributed by atoms with van der Waals surface area (Å²) in [5, 5.41) is 6.51. The zero-order chi connectivity index (χ0) is 18.8. The zero-order valence-electron chi connectivity index (χ0n) is 14.3. The largest absolute Gasteiger partial charge is 0.454 e. The Kier molecular flexibility index (Phi) is 4.52. The molecule has 136 valence electrons. The number of aromatic nitrogens is 2. The number of rotatable bonds is 4. The van der Waals surface area contributed by atoms with Crippen LogP contribution in [-0.2, 0) is 0 Å². The second-order valence-electron chi connectivity index (χ2n) is 5.87. The lowest BCUT2D eigenvalue weighted by Gasteiger charge is -2.09. The van der Waals surface area contributed by atoms with E-state index in [9.17, 15) is 4.79 Å². The Morgan fingerprint density at radius 3 is 2.56 bits per heavy atom. The van der Waals surface area contributed by atoms with E-state index >= 15 is 0 Å². The van der Waals surface area contributed by atoms with Crippen molar-refractivity contribution in [3.63, 3.8) is 0 Å². The van der Waals surface area contributed by atoms with Crippen LogP contribution in [0.5, 0.6) is 11.5 Å². The van der Waals surface area contributed by atoms with Gasteiger partial charge in [-0.1, -0.05) is 11.6 Å². The van der Waals surface area contributed by atoms with Gasteiger partial charge < -0.3 is 20.1 Å². The molecule has 8 heteroatoms. The molecule has 0 atom stereocenters. The molecule has 3 aromatic rings. The van der Waals surface area contributed by atoms with Gasteiger partial charge in [-0.3, -0.25) is 4.79 Å². The summed E-state index contributed by atoms with van der Waals surface area (Å²) in [5.74, 6) is 1.23. The van der Waals surface area contributed by atoms with Gasteiger partial charge in [-0.25, -0.2) is 9.97 Å². The number of anilines is 3. The van der Waals surface area contributed by atoms with E-state index in [0.29, 0.717) is 33.9 Å². The molecule has 0 radical (unpaired) electrons. The van der Waals surface area contributed by atoms with E-state index in [4.69, 9.17) is 21.1 Å². The van der Waals surface area contributed by atoms with Crippen molar-refractivity contribution in [2.45, 2.75) is 6.92 Å². The number of carbonyl (C=O) groups excluding carboxylic acids is 1. The first kappa shape index (κ1) is 17.1. The van der Waals surface area contributed by atoms with Crippen LogP contribution in [0.2, 0.25) is 5.02 Å². The van der Waals surface area contributed by atoms with Crippen molar-refractivity contribution >= 4 is 34.8 Å². The molecule has 1 aliphatic rings. The van der Waals surface area contributed by atoms with Crippen molar-refractivity contribution in [1.29, 1.82) is 0 Å². The van der Waals surface area contributed by atoms with Crippen molar-refractivity contribution in [2.24, 2.45) is 0 Å². The van der Waals surface area contributed by atoms with Gasteiger partial charge in [0.05, 0.1) is 0 Å². The molecule has 0 saturated carbocycles. The van der Waals surface area contributed by atoms with E-state index in [1.165, 1.54) is 0 Å². The quantitative estimate of drug-likeness (QED) is 0.704. The number of nitrogens with zero attached hydrogens (tertiary/aromatic N) is 2. The highest BCUT2D eigenvalue weighted by atomic mass is 35.5. The van der Waals surface area contributed by atoms with Gasteiger partial charge in [0.25, 0.3) is 5.91 Å². The number of ether oxygens (including phenoxy) is 2. The van der Waals surface area contributed by atoms with E-state index in [2.05, 4.69) is 20.6 Å². The van der Waals surface area contributed by atoms with E-state index in [1.54, 1.807) is 55.5 Å². The number of nitrogens with one attached hydrogen (secondary N) is 2. The molecule has 0 aliphatic carbocycles. The second-order valence-corrected chi connectivity index (χ2v) is 6.31. The first-order valence-corrected chi connectivity index (χ1v) is 8.54. The van der Waals surface area contributed by atoms with Gasteiger partial charge in [-0.05, 0) is 49.4 Å². The standard InChI is InChI=1S/C19H15ClN4O3/c1-11-8-15(24-19(21-11)23-13-4-2-12(20)3-5-13)18(25)22-14-6-7-16-17(9-14)27-10-26-16/h2-9H,10H2,1H3,(H,22,25)(H,21,23,24). The molecule has 0 spiro atoms. The van der Waals surface area contributed by atoms with Crippen molar-refractivity contribution < 1.29 is 14.3 Å². The van der Waals surface area contributed by atoms with Gasteiger partial charge in [0, 0.05) is 28.2 Å². The highest BCUT2D eigenvalue weighted by molar-refractivity contribution is 6.30. The van der Waals surface area contributed by atoms with Crippen molar-refractivity contribution in [1.82, 2.24) is 9.97 Å². The first-order chi connectivity index (χ1) is 13.1. The van der Waals surface area contributed by atoms with Crippen LogP contribution >= 0.6 is 11.6 Å². The van der Waals surface area contributed by atoms with Crippen molar-refractivity contribution in [3.05, 3.63) is 64.9 Å². The fraction of sp³-hybridized carbons (Fsp3) is 0.105. The maximum atomic E-state index is 12.6. The van der Waals surface area contributed by atoms with Gasteiger partial charge >= 0.3 is 0 Å². The minimum atomic E-state index is -0.349. The predicted octanol–water partition coefficient (Wildman–Crippen LogP) is 4.16. The predicted molar refractivity (Wildman–Crippen MR) is 102 cm³/mol. The maximum absolute atomic E-state index is 12.6. The van der Waals surface area contributed by atoms with E-state index in [0.717, 1.165) is 5.69 Å². The summed E-state index contributed by atoms with van der Waals surface area (Å²) < 4.78 is 10.6. The maximum Gasteiger partial charge on any atom is 0.274 e. The molecule has 1 aliphatic heterocycles. The second kappa shape index (κ2) is 7.13. The van der Waals surface area contributed by atoms with Gasteiger partial charge in [-0.15, -0.1) is 0 Å². The monoisotopic (exact) mass is 382 g/mol. The molecular formula is C19H15ClN4O3. The van der Waals surface area contributed by atoms with Crippen LogP contribution in [0.4, 0.5) is 17.3 Å². The molecule has 2 aromatic carbocycles. The lowest BCUT2D eigenvalue weighted by molar-refractivity contribution is 0.102. The number of amides is 1.